The summed E-state index contributed by atoms with van der Waals surface area (Å²) < 4.78 is 45.1. The van der Waals surface area contributed by atoms with E-state index in [0.717, 1.165) is 6.54 Å². The van der Waals surface area contributed by atoms with Gasteiger partial charge in [0.05, 0.1) is 24.9 Å². The molecule has 0 bridgehead atoms. The van der Waals surface area contributed by atoms with Crippen molar-refractivity contribution in [3.05, 3.63) is 53.7 Å². The maximum absolute atomic E-state index is 12.9. The van der Waals surface area contributed by atoms with Crippen LogP contribution in [0.1, 0.15) is 0 Å². The number of hydrogen-bond donors (Lipinski definition) is 3. The van der Waals surface area contributed by atoms with E-state index < -0.39 is 10.0 Å². The minimum Gasteiger partial charge on any atom is -0.497 e. The zero-order valence-corrected chi connectivity index (χ0v) is 20.8. The third-order valence-electron chi connectivity index (χ3n) is 5.51. The number of hydrogen-bond acceptors (Lipinski definition) is 9. The first kappa shape index (κ1) is 24.3. The Bertz CT molecular complexity index is 1470. The van der Waals surface area contributed by atoms with Gasteiger partial charge in [0.15, 0.2) is 11.5 Å². The van der Waals surface area contributed by atoms with E-state index >= 15 is 0 Å². The van der Waals surface area contributed by atoms with Crippen LogP contribution in [0.5, 0.6) is 11.6 Å². The van der Waals surface area contributed by atoms with Crippen LogP contribution in [0.25, 0.3) is 22.4 Å². The van der Waals surface area contributed by atoms with Crippen LogP contribution in [0.4, 0.5) is 5.69 Å². The number of H-pyrrole nitrogens is 1. The Kier molecular flexibility index (Phi) is 6.92. The Morgan fingerprint density at radius 2 is 2.03 bits per heavy atom. The van der Waals surface area contributed by atoms with Gasteiger partial charge in [0, 0.05) is 30.4 Å². The standard InChI is InChI=1S/C23H23ClN6O5S/c1-33-16-6-7-19(24)20(10-16)36(31,32)30-15-4-2-14(3-5-15)21-27-22-18(12-26-29-22)23(28-21)35-13-17-11-25-8-9-34-17/h2-7,10,12,17,25,30H,8-9,11,13H2,1H3,(H,26,27,28,29). The van der Waals surface area contributed by atoms with Gasteiger partial charge < -0.3 is 19.5 Å². The molecule has 4 aromatic rings. The van der Waals surface area contributed by atoms with E-state index in [4.69, 9.17) is 25.8 Å². The molecule has 11 nitrogen and oxygen atoms in total. The van der Waals surface area contributed by atoms with Crippen molar-refractivity contribution in [2.45, 2.75) is 11.0 Å². The van der Waals surface area contributed by atoms with Crippen molar-refractivity contribution in [2.75, 3.05) is 38.1 Å². The highest BCUT2D eigenvalue weighted by Crippen LogP contribution is 2.29. The molecule has 5 rings (SSSR count). The van der Waals surface area contributed by atoms with Gasteiger partial charge in [0.1, 0.15) is 28.7 Å². The lowest BCUT2D eigenvalue weighted by molar-refractivity contribution is -0.000382. The molecule has 2 aromatic heterocycles. The molecule has 1 fully saturated rings. The highest BCUT2D eigenvalue weighted by atomic mass is 35.5. The summed E-state index contributed by atoms with van der Waals surface area (Å²) in [5.41, 5.74) is 1.53. The molecule has 0 amide bonds. The molecule has 1 aliphatic heterocycles. The highest BCUT2D eigenvalue weighted by molar-refractivity contribution is 7.92. The number of nitrogens with one attached hydrogen (secondary N) is 3. The van der Waals surface area contributed by atoms with Crippen molar-refractivity contribution in [3.63, 3.8) is 0 Å². The summed E-state index contributed by atoms with van der Waals surface area (Å²) in [6.45, 7) is 2.48. The first-order valence-electron chi connectivity index (χ1n) is 11.1. The SMILES string of the molecule is COc1ccc(Cl)c(S(=O)(=O)Nc2ccc(-c3nc(OCC4CNCCO4)c4cn[nH]c4n3)cc2)c1. The molecular formula is C23H23ClN6O5S. The van der Waals surface area contributed by atoms with Gasteiger partial charge >= 0.3 is 0 Å². The maximum atomic E-state index is 12.9. The van der Waals surface area contributed by atoms with E-state index in [9.17, 15) is 8.42 Å². The van der Waals surface area contributed by atoms with Crippen molar-refractivity contribution in [1.82, 2.24) is 25.5 Å². The van der Waals surface area contributed by atoms with Crippen LogP contribution in [-0.2, 0) is 14.8 Å². The fraction of sp³-hybridized carbons (Fsp3) is 0.261. The van der Waals surface area contributed by atoms with Crippen LogP contribution in [-0.4, -0.2) is 68.1 Å². The van der Waals surface area contributed by atoms with Crippen LogP contribution in [0, 0.1) is 0 Å². The van der Waals surface area contributed by atoms with Gasteiger partial charge in [-0.15, -0.1) is 0 Å². The lowest BCUT2D eigenvalue weighted by Crippen LogP contribution is -2.41. The smallest absolute Gasteiger partial charge is 0.263 e. The number of sulfonamides is 1. The number of aromatic amines is 1. The van der Waals surface area contributed by atoms with Crippen molar-refractivity contribution in [2.24, 2.45) is 0 Å². The first-order valence-corrected chi connectivity index (χ1v) is 12.9. The van der Waals surface area contributed by atoms with E-state index in [1.165, 1.54) is 19.2 Å². The average Bonchev–Trinajstić information content (AvgIpc) is 3.37. The molecule has 0 saturated carbocycles. The van der Waals surface area contributed by atoms with Crippen LogP contribution in [0.15, 0.2) is 53.6 Å². The van der Waals surface area contributed by atoms with Crippen molar-refractivity contribution in [1.29, 1.82) is 0 Å². The first-order chi connectivity index (χ1) is 17.4. The van der Waals surface area contributed by atoms with Crippen molar-refractivity contribution < 1.29 is 22.6 Å². The van der Waals surface area contributed by atoms with E-state index in [1.54, 1.807) is 36.5 Å². The lowest BCUT2D eigenvalue weighted by atomic mass is 10.2. The number of benzene rings is 2. The van der Waals surface area contributed by atoms with Crippen LogP contribution in [0.3, 0.4) is 0 Å². The number of anilines is 1. The summed E-state index contributed by atoms with van der Waals surface area (Å²) in [6.07, 6.45) is 1.53. The Balaban J connectivity index is 1.37. The molecule has 0 spiro atoms. The summed E-state index contributed by atoms with van der Waals surface area (Å²) in [5, 5.41) is 10.9. The molecule has 2 aromatic carbocycles. The fourth-order valence-corrected chi connectivity index (χ4v) is 5.23. The number of methoxy groups -OCH3 is 1. The van der Waals surface area contributed by atoms with E-state index in [2.05, 4.69) is 30.2 Å². The van der Waals surface area contributed by atoms with Crippen molar-refractivity contribution >= 4 is 38.3 Å². The topological polar surface area (TPSA) is 140 Å². The largest absolute Gasteiger partial charge is 0.497 e. The van der Waals surface area contributed by atoms with Crippen LogP contribution >= 0.6 is 11.6 Å². The van der Waals surface area contributed by atoms with Gasteiger partial charge in [-0.25, -0.2) is 13.4 Å². The average molecular weight is 531 g/mol. The second kappa shape index (κ2) is 10.3. The molecular weight excluding hydrogens is 508 g/mol. The van der Waals surface area contributed by atoms with Gasteiger partial charge in [0.2, 0.25) is 5.88 Å². The molecule has 1 aliphatic rings. The quantitative estimate of drug-likeness (QED) is 0.313. The molecule has 0 radical (unpaired) electrons. The second-order valence-corrected chi connectivity index (χ2v) is 10.0. The lowest BCUT2D eigenvalue weighted by Gasteiger charge is -2.23. The van der Waals surface area contributed by atoms with E-state index in [1.807, 2.05) is 0 Å². The van der Waals surface area contributed by atoms with Crippen molar-refractivity contribution in [3.8, 4) is 23.0 Å². The third-order valence-corrected chi connectivity index (χ3v) is 7.37. The van der Waals surface area contributed by atoms with E-state index in [0.29, 0.717) is 59.5 Å². The van der Waals surface area contributed by atoms with E-state index in [-0.39, 0.29) is 16.0 Å². The summed E-state index contributed by atoms with van der Waals surface area (Å²) in [5.74, 6) is 1.16. The molecule has 0 aliphatic carbocycles. The zero-order valence-electron chi connectivity index (χ0n) is 19.2. The van der Waals surface area contributed by atoms with Crippen LogP contribution in [0.2, 0.25) is 5.02 Å². The summed E-state index contributed by atoms with van der Waals surface area (Å²) in [6, 6.07) is 11.1. The van der Waals surface area contributed by atoms with Gasteiger partial charge in [-0.1, -0.05) is 11.6 Å². The highest BCUT2D eigenvalue weighted by Gasteiger charge is 2.20. The molecule has 3 heterocycles. The summed E-state index contributed by atoms with van der Waals surface area (Å²) in [7, 11) is -2.49. The fourth-order valence-electron chi connectivity index (χ4n) is 3.66. The molecule has 1 atom stereocenters. The zero-order chi connectivity index (χ0) is 25.1. The number of fused-ring (bicyclic) bond motifs is 1. The number of aromatic nitrogens is 4. The molecule has 3 N–H and O–H groups in total. The third kappa shape index (κ3) is 5.21. The molecule has 13 heteroatoms. The van der Waals surface area contributed by atoms with Gasteiger partial charge in [-0.2, -0.15) is 10.1 Å². The summed E-state index contributed by atoms with van der Waals surface area (Å²) >= 11 is 6.12. The number of halogens is 1. The van der Waals surface area contributed by atoms with Crippen LogP contribution < -0.4 is 19.5 Å². The molecule has 1 unspecified atom stereocenters. The molecule has 36 heavy (non-hydrogen) atoms. The second-order valence-electron chi connectivity index (χ2n) is 7.97. The molecule has 188 valence electrons. The monoisotopic (exact) mass is 530 g/mol. The number of nitrogens with zero attached hydrogens (tertiary/aromatic N) is 3. The minimum absolute atomic E-state index is 0.0792. The Labute approximate surface area is 212 Å². The predicted molar refractivity (Wildman–Crippen MR) is 134 cm³/mol. The normalized spacial score (nSPS) is 16.1. The maximum Gasteiger partial charge on any atom is 0.263 e. The Morgan fingerprint density at radius 1 is 1.19 bits per heavy atom. The summed E-state index contributed by atoms with van der Waals surface area (Å²) in [4.78, 5) is 9.01. The minimum atomic E-state index is -3.94. The Hall–Kier alpha value is -3.45. The predicted octanol–water partition coefficient (Wildman–Crippen LogP) is 2.85. The molecule has 1 saturated heterocycles. The number of rotatable bonds is 8. The van der Waals surface area contributed by atoms with Gasteiger partial charge in [-0.3, -0.25) is 9.82 Å². The number of ether oxygens (including phenoxy) is 3. The van der Waals surface area contributed by atoms with Gasteiger partial charge in [-0.05, 0) is 36.4 Å². The number of morpholine rings is 1. The Morgan fingerprint density at radius 3 is 2.78 bits per heavy atom. The van der Waals surface area contributed by atoms with Gasteiger partial charge in [0.25, 0.3) is 10.0 Å².